The quantitative estimate of drug-likeness (QED) is 0.509. The summed E-state index contributed by atoms with van der Waals surface area (Å²) in [7, 11) is 0. The molecule has 1 aliphatic carbocycles. The lowest BCUT2D eigenvalue weighted by atomic mass is 10.1. The number of dihydropyridines is 1. The first-order valence-corrected chi connectivity index (χ1v) is 3.13. The molecule has 0 fully saturated rings. The predicted molar refractivity (Wildman–Crippen MR) is 37.9 cm³/mol. The van der Waals surface area contributed by atoms with Gasteiger partial charge >= 0.3 is 0 Å². The Labute approximate surface area is 56.2 Å². The summed E-state index contributed by atoms with van der Waals surface area (Å²) in [6, 6.07) is 0. The Kier molecular flexibility index (Phi) is 0.770. The first-order valence-electron chi connectivity index (χ1n) is 3.71. The van der Waals surface area contributed by atoms with Gasteiger partial charge in [0.15, 0.2) is 0 Å². The lowest BCUT2D eigenvalue weighted by Gasteiger charge is -2.09. The zero-order chi connectivity index (χ0) is 6.97. The fourth-order valence-corrected chi connectivity index (χ4v) is 1.10. The standard InChI is InChI=1S/C8H9N/c1-3-7-4-2-6-9-8(7)5-1/h1-2,4-5,9H,3,6H2/i3D. The van der Waals surface area contributed by atoms with Gasteiger partial charge in [0.25, 0.3) is 0 Å². The van der Waals surface area contributed by atoms with Gasteiger partial charge in [-0.15, -0.1) is 0 Å². The van der Waals surface area contributed by atoms with E-state index < -0.39 is 0 Å². The molecular formula is C8H9N. The topological polar surface area (TPSA) is 12.0 Å². The summed E-state index contributed by atoms with van der Waals surface area (Å²) in [5.74, 6) is 0. The summed E-state index contributed by atoms with van der Waals surface area (Å²) in [6.45, 7) is 0.899. The summed E-state index contributed by atoms with van der Waals surface area (Å²) < 4.78 is 7.52. The third-order valence-electron chi connectivity index (χ3n) is 1.56. The Balaban J connectivity index is 2.36. The van der Waals surface area contributed by atoms with Crippen LogP contribution < -0.4 is 5.32 Å². The van der Waals surface area contributed by atoms with E-state index in [2.05, 4.69) is 5.32 Å². The zero-order valence-electron chi connectivity index (χ0n) is 6.09. The number of hydrogen-bond acceptors (Lipinski definition) is 1. The molecule has 0 radical (unpaired) electrons. The van der Waals surface area contributed by atoms with Crippen LogP contribution in [0.3, 0.4) is 0 Å². The largest absolute Gasteiger partial charge is 0.381 e. The van der Waals surface area contributed by atoms with Crippen LogP contribution in [-0.4, -0.2) is 6.54 Å². The predicted octanol–water partition coefficient (Wildman–Crippen LogP) is 1.36. The minimum Gasteiger partial charge on any atom is -0.381 e. The fourth-order valence-electron chi connectivity index (χ4n) is 1.10. The van der Waals surface area contributed by atoms with Gasteiger partial charge in [-0.25, -0.2) is 0 Å². The summed E-state index contributed by atoms with van der Waals surface area (Å²) in [5.41, 5.74) is 2.23. The molecule has 0 saturated carbocycles. The van der Waals surface area contributed by atoms with Crippen molar-refractivity contribution >= 4 is 0 Å². The van der Waals surface area contributed by atoms with Crippen molar-refractivity contribution < 1.29 is 1.37 Å². The molecule has 0 aromatic rings. The van der Waals surface area contributed by atoms with Crippen LogP contribution in [0.2, 0.25) is 0 Å². The first kappa shape index (κ1) is 3.94. The molecule has 1 atom stereocenters. The van der Waals surface area contributed by atoms with E-state index in [-0.39, 0.29) is 6.40 Å². The molecule has 1 aliphatic heterocycles. The van der Waals surface area contributed by atoms with Crippen molar-refractivity contribution in [2.24, 2.45) is 0 Å². The van der Waals surface area contributed by atoms with Gasteiger partial charge in [-0.1, -0.05) is 18.2 Å². The van der Waals surface area contributed by atoms with Gasteiger partial charge in [0, 0.05) is 13.6 Å². The van der Waals surface area contributed by atoms with Gasteiger partial charge in [0.2, 0.25) is 0 Å². The van der Waals surface area contributed by atoms with Crippen LogP contribution in [0.4, 0.5) is 0 Å². The first-order chi connectivity index (χ1) is 4.88. The van der Waals surface area contributed by atoms with Crippen molar-refractivity contribution in [1.29, 1.82) is 0 Å². The van der Waals surface area contributed by atoms with Crippen molar-refractivity contribution in [3.63, 3.8) is 0 Å². The molecule has 0 amide bonds. The lowest BCUT2D eigenvalue weighted by Crippen LogP contribution is -2.14. The van der Waals surface area contributed by atoms with E-state index in [0.717, 1.165) is 17.8 Å². The fraction of sp³-hybridized carbons (Fsp3) is 0.250. The molecule has 2 aliphatic rings. The van der Waals surface area contributed by atoms with E-state index in [4.69, 9.17) is 1.37 Å². The molecule has 1 unspecified atom stereocenters. The number of hydrogen-bond donors (Lipinski definition) is 1. The average molecular weight is 120 g/mol. The molecule has 0 aromatic carbocycles. The Morgan fingerprint density at radius 3 is 3.33 bits per heavy atom. The van der Waals surface area contributed by atoms with Gasteiger partial charge in [0.1, 0.15) is 0 Å². The van der Waals surface area contributed by atoms with E-state index >= 15 is 0 Å². The highest BCUT2D eigenvalue weighted by atomic mass is 14.9. The maximum absolute atomic E-state index is 7.52. The Bertz CT molecular complexity index is 228. The molecular weight excluding hydrogens is 110 g/mol. The van der Waals surface area contributed by atoms with Crippen LogP contribution in [0.1, 0.15) is 7.77 Å². The normalized spacial score (nSPS) is 32.0. The Morgan fingerprint density at radius 2 is 2.44 bits per heavy atom. The van der Waals surface area contributed by atoms with Gasteiger partial charge in [-0.2, -0.15) is 0 Å². The van der Waals surface area contributed by atoms with Crippen LogP contribution in [-0.2, 0) is 0 Å². The van der Waals surface area contributed by atoms with Crippen LogP contribution in [0.5, 0.6) is 0 Å². The minimum atomic E-state index is -0.140. The molecule has 0 spiro atoms. The smallest absolute Gasteiger partial charge is 0.0375 e. The van der Waals surface area contributed by atoms with Crippen molar-refractivity contribution in [1.82, 2.24) is 5.32 Å². The summed E-state index contributed by atoms with van der Waals surface area (Å²) in [6.07, 6.45) is 7.82. The molecule has 0 aromatic heterocycles. The molecule has 46 valence electrons. The molecule has 9 heavy (non-hydrogen) atoms. The van der Waals surface area contributed by atoms with E-state index in [9.17, 15) is 0 Å². The second kappa shape index (κ2) is 1.76. The van der Waals surface area contributed by atoms with Gasteiger partial charge < -0.3 is 5.32 Å². The molecule has 1 heteroatoms. The number of nitrogens with one attached hydrogen (secondary N) is 1. The maximum Gasteiger partial charge on any atom is 0.0375 e. The summed E-state index contributed by atoms with van der Waals surface area (Å²) >= 11 is 0. The monoisotopic (exact) mass is 120 g/mol. The summed E-state index contributed by atoms with van der Waals surface area (Å²) in [5, 5.41) is 3.20. The van der Waals surface area contributed by atoms with E-state index in [0.29, 0.717) is 0 Å². The molecule has 2 rings (SSSR count). The van der Waals surface area contributed by atoms with Gasteiger partial charge in [-0.05, 0) is 18.0 Å². The summed E-state index contributed by atoms with van der Waals surface area (Å²) in [4.78, 5) is 0. The van der Waals surface area contributed by atoms with Gasteiger partial charge in [0.05, 0.1) is 0 Å². The Morgan fingerprint density at radius 1 is 1.44 bits per heavy atom. The third kappa shape index (κ3) is 0.689. The maximum atomic E-state index is 7.52. The number of rotatable bonds is 0. The van der Waals surface area contributed by atoms with Crippen molar-refractivity contribution in [2.45, 2.75) is 6.40 Å². The second-order valence-electron chi connectivity index (χ2n) is 2.18. The van der Waals surface area contributed by atoms with Crippen LogP contribution >= 0.6 is 0 Å². The van der Waals surface area contributed by atoms with E-state index in [1.807, 2.05) is 24.3 Å². The van der Waals surface area contributed by atoms with Crippen LogP contribution in [0.25, 0.3) is 0 Å². The highest BCUT2D eigenvalue weighted by Crippen LogP contribution is 2.19. The lowest BCUT2D eigenvalue weighted by molar-refractivity contribution is 0.907. The van der Waals surface area contributed by atoms with Crippen LogP contribution in [0, 0.1) is 0 Å². The highest BCUT2D eigenvalue weighted by molar-refractivity contribution is 5.41. The highest BCUT2D eigenvalue weighted by Gasteiger charge is 2.07. The van der Waals surface area contributed by atoms with Crippen molar-refractivity contribution in [3.8, 4) is 0 Å². The number of allylic oxidation sites excluding steroid dienone is 4. The van der Waals surface area contributed by atoms with Crippen molar-refractivity contribution in [3.05, 3.63) is 35.6 Å². The molecule has 0 saturated heterocycles. The van der Waals surface area contributed by atoms with Crippen molar-refractivity contribution in [2.75, 3.05) is 6.54 Å². The second-order valence-corrected chi connectivity index (χ2v) is 2.18. The minimum absolute atomic E-state index is 0.140. The molecule has 0 bridgehead atoms. The SMILES string of the molecule is [2H]C1C=CC2=C1C=CCN2. The average Bonchev–Trinajstić information content (AvgIpc) is 2.34. The Hall–Kier alpha value is -0.980. The van der Waals surface area contributed by atoms with Gasteiger partial charge in [-0.3, -0.25) is 0 Å². The zero-order valence-corrected chi connectivity index (χ0v) is 5.09. The third-order valence-corrected chi connectivity index (χ3v) is 1.56. The molecule has 1 nitrogen and oxygen atoms in total. The van der Waals surface area contributed by atoms with Crippen LogP contribution in [0.15, 0.2) is 35.6 Å². The van der Waals surface area contributed by atoms with E-state index in [1.165, 1.54) is 0 Å². The molecule has 1 heterocycles. The van der Waals surface area contributed by atoms with E-state index in [1.54, 1.807) is 0 Å². The molecule has 1 N–H and O–H groups in total.